The van der Waals surface area contributed by atoms with Crippen LogP contribution in [0.5, 0.6) is 0 Å². The van der Waals surface area contributed by atoms with Gasteiger partial charge in [0.05, 0.1) is 37.4 Å². The molecule has 1 aromatic rings. The maximum atomic E-state index is 11.2. The predicted octanol–water partition coefficient (Wildman–Crippen LogP) is 3.19. The highest BCUT2D eigenvalue weighted by atomic mass is 32.2. The van der Waals surface area contributed by atoms with Gasteiger partial charge in [-0.05, 0) is 17.7 Å². The summed E-state index contributed by atoms with van der Waals surface area (Å²) in [6, 6.07) is 6.30. The van der Waals surface area contributed by atoms with Crippen LogP contribution in [0.2, 0.25) is 0 Å². The molecule has 0 spiro atoms. The number of hydrogen-bond donors (Lipinski definition) is 0. The molecule has 0 unspecified atom stereocenters. The van der Waals surface area contributed by atoms with Crippen molar-refractivity contribution < 1.29 is 37.8 Å². The van der Waals surface area contributed by atoms with E-state index >= 15 is 0 Å². The smallest absolute Gasteiger partial charge is 0.273 e. The second kappa shape index (κ2) is 16.9. The zero-order chi connectivity index (χ0) is 22.4. The molecule has 0 radical (unpaired) electrons. The summed E-state index contributed by atoms with van der Waals surface area (Å²) in [5.41, 5.74) is 0.870. The van der Waals surface area contributed by atoms with Crippen LogP contribution in [-0.4, -0.2) is 52.3 Å². The summed E-state index contributed by atoms with van der Waals surface area (Å²) in [6.45, 7) is 9.79. The number of hydrogen-bond acceptors (Lipinski definition) is 9. The fourth-order valence-corrected chi connectivity index (χ4v) is 2.37. The summed E-state index contributed by atoms with van der Waals surface area (Å²) in [7, 11) is -6.90. The van der Waals surface area contributed by atoms with E-state index in [-0.39, 0.29) is 25.5 Å². The monoisotopic (exact) mass is 488 g/mol. The third-order valence-electron chi connectivity index (χ3n) is 2.64. The molecule has 0 heterocycles. The highest BCUT2D eigenvalue weighted by Crippen LogP contribution is 2.12. The fourth-order valence-electron chi connectivity index (χ4n) is 1.15. The lowest BCUT2D eigenvalue weighted by Crippen LogP contribution is -2.04. The highest BCUT2D eigenvalue weighted by Gasteiger charge is 2.11. The van der Waals surface area contributed by atoms with Gasteiger partial charge < -0.3 is 0 Å². The minimum atomic E-state index is -3.56. The van der Waals surface area contributed by atoms with Gasteiger partial charge in [-0.15, -0.1) is 6.58 Å². The molecule has 0 aromatic heterocycles. The molecule has 0 aliphatic rings. The second-order valence-electron chi connectivity index (χ2n) is 4.40. The Morgan fingerprint density at radius 1 is 0.800 bits per heavy atom. The average molecular weight is 489 g/mol. The molecule has 0 aliphatic heterocycles. The summed E-state index contributed by atoms with van der Waals surface area (Å²) in [5.74, 6) is -0.122. The number of rotatable bonds is 8. The van der Waals surface area contributed by atoms with Gasteiger partial charge in [0.15, 0.2) is 0 Å². The molecule has 0 N–H and O–H groups in total. The van der Waals surface area contributed by atoms with Crippen molar-refractivity contribution in [2.75, 3.05) is 27.1 Å². The van der Waals surface area contributed by atoms with Crippen molar-refractivity contribution in [2.45, 2.75) is 19.7 Å². The Morgan fingerprint density at radius 2 is 1.27 bits per heavy atom. The lowest BCUT2D eigenvalue weighted by molar-refractivity contribution is 0.397. The topological polar surface area (TPSA) is 130 Å². The van der Waals surface area contributed by atoms with Crippen molar-refractivity contribution in [3.63, 3.8) is 0 Å². The van der Waals surface area contributed by atoms with Crippen LogP contribution in [0.4, 0.5) is 0 Å². The first-order chi connectivity index (χ1) is 12.8. The zero-order valence-corrected chi connectivity index (χ0v) is 18.2. The van der Waals surface area contributed by atoms with Crippen molar-refractivity contribution in [3.8, 4) is 0 Å². The van der Waals surface area contributed by atoms with E-state index in [1.165, 1.54) is 18.2 Å². The van der Waals surface area contributed by atoms with E-state index in [0.717, 1.165) is 32.3 Å². The largest absolute Gasteiger partial charge is 0.296 e. The third kappa shape index (κ3) is 16.0. The van der Waals surface area contributed by atoms with E-state index in [4.69, 9.17) is 0 Å². The number of benzene rings is 1. The summed E-state index contributed by atoms with van der Waals surface area (Å²) in [5, 5.41) is 0.743. The summed E-state index contributed by atoms with van der Waals surface area (Å²) in [4.78, 5) is 0.153. The normalized spacial score (nSPS) is 10.4. The lowest BCUT2D eigenvalue weighted by atomic mass is 10.2. The molecule has 176 valence electrons. The van der Waals surface area contributed by atoms with E-state index in [1.54, 1.807) is 18.2 Å². The molecule has 0 atom stereocenters. The van der Waals surface area contributed by atoms with Crippen LogP contribution in [0.1, 0.15) is 20.4 Å². The van der Waals surface area contributed by atoms with Gasteiger partial charge in [0.25, 0.3) is 30.4 Å². The molecular weight excluding hydrogens is 456 g/mol. The van der Waals surface area contributed by atoms with Crippen LogP contribution < -0.4 is 0 Å². The SMILES string of the molecule is C.C.C=CCS(=O)(=O)OC.C=CS(=O)(=O)OC.C=Cc1ccc(S(=O)(=O)OC)cc1. The molecule has 9 nitrogen and oxygen atoms in total. The molecular formula is C18H32O9S3. The van der Waals surface area contributed by atoms with Crippen LogP contribution >= 0.6 is 0 Å². The molecule has 0 bridgehead atoms. The first-order valence-electron chi connectivity index (χ1n) is 7.20. The summed E-state index contributed by atoms with van der Waals surface area (Å²) >= 11 is 0. The minimum absolute atomic E-state index is 0. The quantitative estimate of drug-likeness (QED) is 0.400. The molecule has 0 fully saturated rings. The zero-order valence-electron chi connectivity index (χ0n) is 15.8. The van der Waals surface area contributed by atoms with Crippen LogP contribution in [0.25, 0.3) is 6.08 Å². The molecule has 0 aliphatic carbocycles. The van der Waals surface area contributed by atoms with Crippen molar-refractivity contribution >= 4 is 36.4 Å². The Kier molecular flexibility index (Phi) is 20.1. The molecule has 0 amide bonds. The van der Waals surface area contributed by atoms with Gasteiger partial charge in [-0.3, -0.25) is 12.5 Å². The molecule has 0 saturated carbocycles. The highest BCUT2D eigenvalue weighted by molar-refractivity contribution is 7.89. The summed E-state index contributed by atoms with van der Waals surface area (Å²) < 4.78 is 75.3. The van der Waals surface area contributed by atoms with Gasteiger partial charge in [0.1, 0.15) is 0 Å². The Hall–Kier alpha value is -1.83. The maximum Gasteiger partial charge on any atom is 0.296 e. The Bertz CT molecular complexity index is 929. The van der Waals surface area contributed by atoms with Crippen LogP contribution in [0.3, 0.4) is 0 Å². The van der Waals surface area contributed by atoms with Gasteiger partial charge in [-0.2, -0.15) is 25.3 Å². The molecule has 30 heavy (non-hydrogen) atoms. The molecule has 1 aromatic carbocycles. The fraction of sp³-hybridized carbons (Fsp3) is 0.333. The average Bonchev–Trinajstić information content (AvgIpc) is 2.69. The second-order valence-corrected chi connectivity index (χ2v) is 9.55. The molecule has 0 saturated heterocycles. The van der Waals surface area contributed by atoms with Gasteiger partial charge in [-0.1, -0.05) is 52.3 Å². The van der Waals surface area contributed by atoms with Gasteiger partial charge in [0, 0.05) is 0 Å². The summed E-state index contributed by atoms with van der Waals surface area (Å²) in [6.07, 6.45) is 2.92. The van der Waals surface area contributed by atoms with Gasteiger partial charge >= 0.3 is 0 Å². The predicted molar refractivity (Wildman–Crippen MR) is 121 cm³/mol. The first kappa shape index (κ1) is 35.6. The Balaban J connectivity index is -0.000000175. The minimum Gasteiger partial charge on any atom is -0.273 e. The maximum absolute atomic E-state index is 11.2. The van der Waals surface area contributed by atoms with E-state index in [1.807, 2.05) is 0 Å². The van der Waals surface area contributed by atoms with Crippen molar-refractivity contribution in [1.82, 2.24) is 0 Å². The lowest BCUT2D eigenvalue weighted by Gasteiger charge is -2.00. The Labute approximate surface area is 182 Å². The van der Waals surface area contributed by atoms with Crippen molar-refractivity contribution in [2.24, 2.45) is 0 Å². The van der Waals surface area contributed by atoms with Gasteiger partial charge in [0.2, 0.25) is 0 Å². The van der Waals surface area contributed by atoms with Crippen LogP contribution in [0.15, 0.2) is 60.4 Å². The molecule has 12 heteroatoms. The third-order valence-corrected chi connectivity index (χ3v) is 5.95. The van der Waals surface area contributed by atoms with E-state index in [9.17, 15) is 25.3 Å². The van der Waals surface area contributed by atoms with E-state index in [0.29, 0.717) is 0 Å². The Morgan fingerprint density at radius 3 is 1.47 bits per heavy atom. The first-order valence-corrected chi connectivity index (χ1v) is 11.7. The van der Waals surface area contributed by atoms with Crippen molar-refractivity contribution in [1.29, 1.82) is 0 Å². The van der Waals surface area contributed by atoms with E-state index in [2.05, 4.69) is 32.3 Å². The standard InChI is InChI=1S/C9H10O3S.C4H8O3S.C3H6O3S.2CH4/c1-3-8-4-6-9(7-5-8)13(10,11)12-2;1-3-4-8(5,6)7-2;1-3-7(4,5)6-2;;/h3-7H,1H2,2H3;3H,1,4H2,2H3;3H,1H2,2H3;2*1H4. The van der Waals surface area contributed by atoms with Crippen LogP contribution in [0, 0.1) is 0 Å². The van der Waals surface area contributed by atoms with E-state index < -0.39 is 30.4 Å². The van der Waals surface area contributed by atoms with Crippen molar-refractivity contribution in [3.05, 3.63) is 61.0 Å². The van der Waals surface area contributed by atoms with Crippen LogP contribution in [-0.2, 0) is 42.9 Å². The van der Waals surface area contributed by atoms with Gasteiger partial charge in [-0.25, -0.2) is 0 Å². The molecule has 1 rings (SSSR count).